The van der Waals surface area contributed by atoms with E-state index in [-0.39, 0.29) is 25.5 Å². The first-order chi connectivity index (χ1) is 25.5. The number of rotatable bonds is 16. The predicted octanol–water partition coefficient (Wildman–Crippen LogP) is 7.79. The molecular weight excluding hydrogens is 654 g/mol. The molecule has 0 unspecified atom stereocenters. The highest BCUT2D eigenvalue weighted by Crippen LogP contribution is 2.43. The van der Waals surface area contributed by atoms with Crippen molar-refractivity contribution in [2.75, 3.05) is 26.9 Å². The van der Waals surface area contributed by atoms with Gasteiger partial charge in [0.2, 0.25) is 5.90 Å². The highest BCUT2D eigenvalue weighted by atomic mass is 16.5. The Morgan fingerprint density at radius 3 is 2.21 bits per heavy atom. The summed E-state index contributed by atoms with van der Waals surface area (Å²) in [5.41, 5.74) is 14.0. The molecule has 1 heterocycles. The molecule has 0 fully saturated rings. The Bertz CT molecular complexity index is 2010. The second-order valence-corrected chi connectivity index (χ2v) is 12.5. The Hall–Kier alpha value is -6.09. The summed E-state index contributed by atoms with van der Waals surface area (Å²) < 4.78 is 17.8. The number of amides is 1. The lowest BCUT2D eigenvalue weighted by molar-refractivity contribution is -0.128. The van der Waals surface area contributed by atoms with Gasteiger partial charge in [-0.3, -0.25) is 4.79 Å². The number of ether oxygens (including phenoxy) is 3. The van der Waals surface area contributed by atoms with E-state index in [9.17, 15) is 4.79 Å². The third-order valence-electron chi connectivity index (χ3n) is 9.09. The molecule has 52 heavy (non-hydrogen) atoms. The smallest absolute Gasteiger partial charge is 0.252 e. The van der Waals surface area contributed by atoms with Gasteiger partial charge < -0.3 is 24.6 Å². The highest BCUT2D eigenvalue weighted by Gasteiger charge is 2.53. The van der Waals surface area contributed by atoms with Crippen molar-refractivity contribution in [3.05, 3.63) is 166 Å². The molecule has 0 radical (unpaired) electrons. The van der Waals surface area contributed by atoms with E-state index in [0.717, 1.165) is 39.1 Å². The number of nitrogens with one attached hydrogen (secondary N) is 1. The lowest BCUT2D eigenvalue weighted by atomic mass is 9.80. The van der Waals surface area contributed by atoms with Crippen molar-refractivity contribution < 1.29 is 24.1 Å². The van der Waals surface area contributed by atoms with E-state index >= 15 is 0 Å². The molecule has 1 amide bonds. The van der Waals surface area contributed by atoms with Crippen molar-refractivity contribution >= 4 is 11.8 Å². The van der Waals surface area contributed by atoms with Crippen molar-refractivity contribution in [3.63, 3.8) is 0 Å². The lowest BCUT2D eigenvalue weighted by Crippen LogP contribution is -2.50. The minimum absolute atomic E-state index is 0.0483. The van der Waals surface area contributed by atoms with Gasteiger partial charge in [0.25, 0.3) is 5.91 Å². The van der Waals surface area contributed by atoms with Crippen LogP contribution in [0.2, 0.25) is 0 Å². The van der Waals surface area contributed by atoms with Gasteiger partial charge in [-0.25, -0.2) is 4.99 Å². The standard InChI is InChI=1S/C42H41N5O5/c1-50-37-20-12-30(13-21-37)24-25-44-41(49)42(28-35-10-5-6-11-36(35)29-45-47-43)39(33-16-14-32(15-17-33)31-8-3-2-4-9-31)52-40(46-42)34-18-22-38(23-19-34)51-27-7-26-48/h2-6,8-23,39,48H,7,24-29H2,1H3,(H,44,49)/t39-,42-/m1/s1. The summed E-state index contributed by atoms with van der Waals surface area (Å²) in [6, 6.07) is 40.9. The molecule has 0 saturated carbocycles. The Balaban J connectivity index is 1.40. The average molecular weight is 696 g/mol. The van der Waals surface area contributed by atoms with E-state index in [1.165, 1.54) is 0 Å². The zero-order chi connectivity index (χ0) is 36.2. The SMILES string of the molecule is COc1ccc(CCNC(=O)[C@]2(Cc3ccccc3CN=[N+]=[N-])N=C(c3ccc(OCCCO)cc3)O[C@@H]2c2ccc(-c3ccccc3)cc2)cc1. The number of nitrogens with zero attached hydrogens (tertiary/aromatic N) is 4. The summed E-state index contributed by atoms with van der Waals surface area (Å²) >= 11 is 0. The second-order valence-electron chi connectivity index (χ2n) is 12.5. The van der Waals surface area contributed by atoms with Gasteiger partial charge >= 0.3 is 0 Å². The molecular formula is C42H41N5O5. The van der Waals surface area contributed by atoms with Crippen LogP contribution in [0.1, 0.15) is 40.3 Å². The molecule has 264 valence electrons. The van der Waals surface area contributed by atoms with Crippen LogP contribution in [0.3, 0.4) is 0 Å². The van der Waals surface area contributed by atoms with E-state index in [2.05, 4.69) is 27.5 Å². The van der Waals surface area contributed by atoms with Gasteiger partial charge in [-0.2, -0.15) is 0 Å². The maximum atomic E-state index is 14.8. The Labute approximate surface area is 303 Å². The van der Waals surface area contributed by atoms with Gasteiger partial charge in [-0.1, -0.05) is 96.1 Å². The molecule has 2 N–H and O–H groups in total. The molecule has 10 heteroatoms. The number of carbonyl (C=O) groups is 1. The van der Waals surface area contributed by atoms with Crippen molar-refractivity contribution in [1.29, 1.82) is 0 Å². The predicted molar refractivity (Wildman–Crippen MR) is 201 cm³/mol. The number of aliphatic hydroxyl groups is 1. The number of aliphatic hydroxyl groups excluding tert-OH is 1. The van der Waals surface area contributed by atoms with Gasteiger partial charge in [-0.05, 0) is 81.7 Å². The molecule has 6 rings (SSSR count). The highest BCUT2D eigenvalue weighted by molar-refractivity contribution is 6.01. The topological polar surface area (TPSA) is 138 Å². The van der Waals surface area contributed by atoms with E-state index in [4.69, 9.17) is 29.8 Å². The van der Waals surface area contributed by atoms with Crippen LogP contribution in [-0.2, 0) is 28.9 Å². The van der Waals surface area contributed by atoms with Gasteiger partial charge in [0, 0.05) is 36.5 Å². The fraction of sp³-hybridized carbons (Fsp3) is 0.238. The van der Waals surface area contributed by atoms with Crippen LogP contribution in [0.15, 0.2) is 138 Å². The normalized spacial score (nSPS) is 16.3. The summed E-state index contributed by atoms with van der Waals surface area (Å²) in [6.07, 6.45) is 0.529. The van der Waals surface area contributed by atoms with E-state index in [0.29, 0.717) is 43.2 Å². The fourth-order valence-corrected chi connectivity index (χ4v) is 6.31. The second kappa shape index (κ2) is 17.2. The van der Waals surface area contributed by atoms with Crippen LogP contribution in [0.25, 0.3) is 21.6 Å². The number of hydrogen-bond donors (Lipinski definition) is 2. The van der Waals surface area contributed by atoms with Crippen LogP contribution in [-0.4, -0.2) is 49.3 Å². The number of methoxy groups -OCH3 is 1. The molecule has 0 spiro atoms. The summed E-state index contributed by atoms with van der Waals surface area (Å²) in [5, 5.41) is 16.2. The Morgan fingerprint density at radius 1 is 0.865 bits per heavy atom. The number of hydrogen-bond acceptors (Lipinski definition) is 7. The molecule has 2 atom stereocenters. The summed E-state index contributed by atoms with van der Waals surface area (Å²) in [4.78, 5) is 23.0. The number of azide groups is 1. The first-order valence-electron chi connectivity index (χ1n) is 17.3. The molecule has 5 aromatic rings. The average Bonchev–Trinajstić information content (AvgIpc) is 3.59. The first-order valence-corrected chi connectivity index (χ1v) is 17.3. The maximum absolute atomic E-state index is 14.8. The number of aliphatic imine (C=N–C) groups is 1. The van der Waals surface area contributed by atoms with Crippen LogP contribution in [0, 0.1) is 0 Å². The van der Waals surface area contributed by atoms with Crippen LogP contribution in [0.4, 0.5) is 0 Å². The molecule has 0 bridgehead atoms. The Morgan fingerprint density at radius 2 is 1.52 bits per heavy atom. The van der Waals surface area contributed by atoms with E-state index in [1.54, 1.807) is 7.11 Å². The molecule has 0 saturated heterocycles. The van der Waals surface area contributed by atoms with Crippen molar-refractivity contribution in [2.24, 2.45) is 10.1 Å². The quantitative estimate of drug-likeness (QED) is 0.0470. The fourth-order valence-electron chi connectivity index (χ4n) is 6.31. The zero-order valence-corrected chi connectivity index (χ0v) is 29.0. The third kappa shape index (κ3) is 8.43. The van der Waals surface area contributed by atoms with Gasteiger partial charge in [0.1, 0.15) is 11.5 Å². The van der Waals surface area contributed by atoms with E-state index < -0.39 is 11.6 Å². The first kappa shape index (κ1) is 35.7. The van der Waals surface area contributed by atoms with Crippen molar-refractivity contribution in [3.8, 4) is 22.6 Å². The molecule has 0 aromatic heterocycles. The minimum Gasteiger partial charge on any atom is -0.497 e. The third-order valence-corrected chi connectivity index (χ3v) is 9.09. The van der Waals surface area contributed by atoms with Crippen molar-refractivity contribution in [2.45, 2.75) is 37.5 Å². The van der Waals surface area contributed by atoms with Crippen molar-refractivity contribution in [1.82, 2.24) is 5.32 Å². The minimum atomic E-state index is -1.42. The number of benzene rings is 5. The molecule has 1 aliphatic rings. The van der Waals surface area contributed by atoms with Gasteiger partial charge in [0.15, 0.2) is 11.6 Å². The molecule has 5 aromatic carbocycles. The number of carbonyl (C=O) groups excluding carboxylic acids is 1. The summed E-state index contributed by atoms with van der Waals surface area (Å²) in [7, 11) is 1.63. The van der Waals surface area contributed by atoms with Gasteiger partial charge in [-0.15, -0.1) is 0 Å². The molecule has 10 nitrogen and oxygen atoms in total. The summed E-state index contributed by atoms with van der Waals surface area (Å²) in [6.45, 7) is 0.946. The maximum Gasteiger partial charge on any atom is 0.252 e. The van der Waals surface area contributed by atoms with Crippen LogP contribution < -0.4 is 14.8 Å². The monoisotopic (exact) mass is 695 g/mol. The lowest BCUT2D eigenvalue weighted by Gasteiger charge is -2.31. The van der Waals surface area contributed by atoms with Gasteiger partial charge in [0.05, 0.1) is 20.3 Å². The van der Waals surface area contributed by atoms with Crippen LogP contribution in [0.5, 0.6) is 11.5 Å². The molecule has 0 aliphatic carbocycles. The Kier molecular flexibility index (Phi) is 11.8. The van der Waals surface area contributed by atoms with E-state index in [1.807, 2.05) is 115 Å². The molecule has 1 aliphatic heterocycles. The zero-order valence-electron chi connectivity index (χ0n) is 29.0. The largest absolute Gasteiger partial charge is 0.497 e. The van der Waals surface area contributed by atoms with Crippen LogP contribution >= 0.6 is 0 Å². The summed E-state index contributed by atoms with van der Waals surface area (Å²) in [5.74, 6) is 1.47.